The van der Waals surface area contributed by atoms with E-state index in [0.717, 1.165) is 44.9 Å². The molecule has 1 heterocycles. The number of aliphatic hydroxyl groups excluding tert-OH is 5. The molecular weight excluding hydrogens is 791 g/mol. The smallest absolute Gasteiger partial charge is 0.220 e. The minimum atomic E-state index is -1.56. The van der Waals surface area contributed by atoms with E-state index in [9.17, 15) is 30.3 Å². The molecule has 63 heavy (non-hydrogen) atoms. The molecule has 0 radical (unpaired) electrons. The van der Waals surface area contributed by atoms with Gasteiger partial charge in [-0.1, -0.05) is 224 Å². The number of nitrogens with one attached hydrogen (secondary N) is 1. The highest BCUT2D eigenvalue weighted by molar-refractivity contribution is 5.76. The van der Waals surface area contributed by atoms with Gasteiger partial charge in [0.05, 0.1) is 25.4 Å². The van der Waals surface area contributed by atoms with Crippen LogP contribution in [-0.2, 0) is 14.3 Å². The van der Waals surface area contributed by atoms with Gasteiger partial charge in [0.15, 0.2) is 6.29 Å². The van der Waals surface area contributed by atoms with Crippen LogP contribution in [-0.4, -0.2) is 87.5 Å². The number of hydrogen-bond donors (Lipinski definition) is 6. The molecule has 1 rings (SSSR count). The summed E-state index contributed by atoms with van der Waals surface area (Å²) in [6.07, 6.45) is 49.3. The van der Waals surface area contributed by atoms with Gasteiger partial charge in [0, 0.05) is 6.42 Å². The van der Waals surface area contributed by atoms with Gasteiger partial charge in [-0.15, -0.1) is 0 Å². The first-order valence-electron chi connectivity index (χ1n) is 26.7. The standard InChI is InChI=1S/C54H101NO8/c1-3-5-7-9-11-13-15-16-17-18-19-20-21-22-23-24-25-26-27-28-29-30-31-32-34-36-38-40-42-44-50(58)55-47(46-62-54-53(61)52(60)51(59)49(45-56)63-54)48(57)43-41-39-37-35-33-14-12-10-8-6-4-2/h15-16,18-19,41,43,47-49,51-54,56-57,59-61H,3-14,17,20-40,42,44-46H2,1-2H3,(H,55,58)/b16-15-,19-18-,43-41+. The van der Waals surface area contributed by atoms with Crippen LogP contribution in [0.2, 0.25) is 0 Å². The van der Waals surface area contributed by atoms with Gasteiger partial charge >= 0.3 is 0 Å². The normalized spacial score (nSPS) is 20.4. The van der Waals surface area contributed by atoms with Crippen LogP contribution in [0, 0.1) is 0 Å². The lowest BCUT2D eigenvalue weighted by atomic mass is 9.99. The average molecular weight is 892 g/mol. The van der Waals surface area contributed by atoms with Crippen molar-refractivity contribution in [2.45, 2.75) is 288 Å². The lowest BCUT2D eigenvalue weighted by Crippen LogP contribution is -2.60. The molecule has 1 saturated heterocycles. The van der Waals surface area contributed by atoms with Crippen molar-refractivity contribution in [3.63, 3.8) is 0 Å². The second kappa shape index (κ2) is 44.3. The molecule has 1 amide bonds. The van der Waals surface area contributed by atoms with Crippen molar-refractivity contribution < 1.29 is 39.8 Å². The van der Waals surface area contributed by atoms with Crippen molar-refractivity contribution in [2.75, 3.05) is 13.2 Å². The Kier molecular flexibility index (Phi) is 41.7. The van der Waals surface area contributed by atoms with Gasteiger partial charge in [-0.2, -0.15) is 0 Å². The molecule has 1 aliphatic rings. The number of hydrogen-bond acceptors (Lipinski definition) is 8. The molecule has 6 N–H and O–H groups in total. The molecule has 9 nitrogen and oxygen atoms in total. The largest absolute Gasteiger partial charge is 0.394 e. The van der Waals surface area contributed by atoms with Gasteiger partial charge in [-0.3, -0.25) is 4.79 Å². The van der Waals surface area contributed by atoms with E-state index in [0.29, 0.717) is 6.42 Å². The molecule has 0 aromatic carbocycles. The Balaban J connectivity index is 2.15. The molecule has 1 aliphatic heterocycles. The Morgan fingerprint density at radius 3 is 1.37 bits per heavy atom. The molecule has 0 aromatic rings. The van der Waals surface area contributed by atoms with Crippen LogP contribution in [0.25, 0.3) is 0 Å². The summed E-state index contributed by atoms with van der Waals surface area (Å²) in [7, 11) is 0. The summed E-state index contributed by atoms with van der Waals surface area (Å²) < 4.78 is 11.2. The van der Waals surface area contributed by atoms with E-state index in [4.69, 9.17) is 9.47 Å². The predicted molar refractivity (Wildman–Crippen MR) is 263 cm³/mol. The summed E-state index contributed by atoms with van der Waals surface area (Å²) >= 11 is 0. The third kappa shape index (κ3) is 34.4. The van der Waals surface area contributed by atoms with Crippen molar-refractivity contribution >= 4 is 5.91 Å². The van der Waals surface area contributed by atoms with Crippen LogP contribution in [0.15, 0.2) is 36.5 Å². The van der Waals surface area contributed by atoms with E-state index in [-0.39, 0.29) is 12.5 Å². The average Bonchev–Trinajstić information content (AvgIpc) is 3.28. The van der Waals surface area contributed by atoms with Gasteiger partial charge in [0.25, 0.3) is 0 Å². The summed E-state index contributed by atoms with van der Waals surface area (Å²) in [4.78, 5) is 13.0. The number of rotatable bonds is 45. The quantitative estimate of drug-likeness (QED) is 0.0261. The van der Waals surface area contributed by atoms with E-state index in [2.05, 4.69) is 43.5 Å². The van der Waals surface area contributed by atoms with Crippen LogP contribution in [0.4, 0.5) is 0 Å². The van der Waals surface area contributed by atoms with Crippen LogP contribution in [0.1, 0.15) is 245 Å². The van der Waals surface area contributed by atoms with Gasteiger partial charge in [-0.25, -0.2) is 0 Å². The van der Waals surface area contributed by atoms with Crippen molar-refractivity contribution in [1.29, 1.82) is 0 Å². The Bertz CT molecular complexity index is 1080. The highest BCUT2D eigenvalue weighted by Gasteiger charge is 2.44. The maximum Gasteiger partial charge on any atom is 0.220 e. The maximum absolute atomic E-state index is 13.0. The zero-order chi connectivity index (χ0) is 45.9. The molecule has 0 aromatic heterocycles. The fourth-order valence-corrected chi connectivity index (χ4v) is 8.42. The van der Waals surface area contributed by atoms with E-state index < -0.39 is 49.5 Å². The number of unbranched alkanes of at least 4 members (excludes halogenated alkanes) is 31. The van der Waals surface area contributed by atoms with Crippen molar-refractivity contribution in [3.8, 4) is 0 Å². The van der Waals surface area contributed by atoms with Crippen LogP contribution >= 0.6 is 0 Å². The van der Waals surface area contributed by atoms with E-state index >= 15 is 0 Å². The molecule has 9 heteroatoms. The Morgan fingerprint density at radius 2 is 0.937 bits per heavy atom. The molecule has 0 aliphatic carbocycles. The fraction of sp³-hybridized carbons (Fsp3) is 0.870. The van der Waals surface area contributed by atoms with E-state index in [1.807, 2.05) is 6.08 Å². The van der Waals surface area contributed by atoms with Crippen molar-refractivity contribution in [1.82, 2.24) is 5.32 Å². The van der Waals surface area contributed by atoms with Crippen LogP contribution < -0.4 is 5.32 Å². The molecule has 370 valence electrons. The first-order valence-corrected chi connectivity index (χ1v) is 26.7. The Hall–Kier alpha value is -1.59. The number of aliphatic hydroxyl groups is 5. The van der Waals surface area contributed by atoms with Crippen LogP contribution in [0.3, 0.4) is 0 Å². The van der Waals surface area contributed by atoms with Gasteiger partial charge in [-0.05, 0) is 51.4 Å². The SMILES string of the molecule is CCCCCCC/C=C\C/C=C\CCCCCCCCCCCCCCCCCCCC(=O)NC(COC1OC(CO)C(O)C(O)C1O)C(O)/C=C/CCCCCCCCCCC. The molecule has 0 saturated carbocycles. The zero-order valence-corrected chi connectivity index (χ0v) is 40.8. The van der Waals surface area contributed by atoms with Gasteiger partial charge in [0.1, 0.15) is 24.4 Å². The Morgan fingerprint density at radius 1 is 0.540 bits per heavy atom. The fourth-order valence-electron chi connectivity index (χ4n) is 8.42. The minimum absolute atomic E-state index is 0.176. The third-order valence-corrected chi connectivity index (χ3v) is 12.7. The molecule has 1 fully saturated rings. The number of amides is 1. The second-order valence-corrected chi connectivity index (χ2v) is 18.7. The number of allylic oxidation sites excluding steroid dienone is 5. The molecular formula is C54H101NO8. The van der Waals surface area contributed by atoms with Gasteiger partial charge < -0.3 is 40.3 Å². The minimum Gasteiger partial charge on any atom is -0.394 e. The zero-order valence-electron chi connectivity index (χ0n) is 40.8. The first-order chi connectivity index (χ1) is 30.8. The molecule has 0 spiro atoms. The highest BCUT2D eigenvalue weighted by Crippen LogP contribution is 2.23. The number of ether oxygens (including phenoxy) is 2. The monoisotopic (exact) mass is 892 g/mol. The molecule has 7 unspecified atom stereocenters. The maximum atomic E-state index is 13.0. The number of carbonyl (C=O) groups excluding carboxylic acids is 1. The molecule has 0 bridgehead atoms. The lowest BCUT2D eigenvalue weighted by molar-refractivity contribution is -0.302. The summed E-state index contributed by atoms with van der Waals surface area (Å²) in [6.45, 7) is 3.76. The van der Waals surface area contributed by atoms with Crippen LogP contribution in [0.5, 0.6) is 0 Å². The Labute approximate surface area is 387 Å². The highest BCUT2D eigenvalue weighted by atomic mass is 16.7. The third-order valence-electron chi connectivity index (χ3n) is 12.7. The predicted octanol–water partition coefficient (Wildman–Crippen LogP) is 12.4. The van der Waals surface area contributed by atoms with Gasteiger partial charge in [0.2, 0.25) is 5.91 Å². The summed E-state index contributed by atoms with van der Waals surface area (Å²) in [5, 5.41) is 54.2. The van der Waals surface area contributed by atoms with Crippen molar-refractivity contribution in [3.05, 3.63) is 36.5 Å². The topological polar surface area (TPSA) is 149 Å². The summed E-state index contributed by atoms with van der Waals surface area (Å²) in [5.74, 6) is -0.176. The van der Waals surface area contributed by atoms with E-state index in [1.54, 1.807) is 6.08 Å². The number of carbonyl (C=O) groups is 1. The first kappa shape index (κ1) is 59.4. The van der Waals surface area contributed by atoms with E-state index in [1.165, 1.54) is 180 Å². The lowest BCUT2D eigenvalue weighted by Gasteiger charge is -2.40. The van der Waals surface area contributed by atoms with Crippen molar-refractivity contribution in [2.24, 2.45) is 0 Å². The molecule has 7 atom stereocenters. The summed E-state index contributed by atoms with van der Waals surface area (Å²) in [5.41, 5.74) is 0. The summed E-state index contributed by atoms with van der Waals surface area (Å²) in [6, 6.07) is -0.801. The second-order valence-electron chi connectivity index (χ2n) is 18.7.